The molecule has 0 aliphatic heterocycles. The van der Waals surface area contributed by atoms with E-state index in [0.29, 0.717) is 21.3 Å². The average Bonchev–Trinajstić information content (AvgIpc) is 2.90. The summed E-state index contributed by atoms with van der Waals surface area (Å²) in [6.45, 7) is 0. The zero-order valence-electron chi connectivity index (χ0n) is 10.2. The van der Waals surface area contributed by atoms with Crippen LogP contribution in [0.15, 0.2) is 42.9 Å². The second-order valence-corrected chi connectivity index (χ2v) is 5.03. The number of aromatic amines is 1. The van der Waals surface area contributed by atoms with Gasteiger partial charge in [0.2, 0.25) is 0 Å². The number of H-pyrrole nitrogens is 1. The lowest BCUT2D eigenvalue weighted by Crippen LogP contribution is -2.12. The van der Waals surface area contributed by atoms with E-state index in [1.54, 1.807) is 12.1 Å². The van der Waals surface area contributed by atoms with Crippen molar-refractivity contribution >= 4 is 45.7 Å². The van der Waals surface area contributed by atoms with Gasteiger partial charge in [-0.25, -0.2) is 0 Å². The second-order valence-electron chi connectivity index (χ2n) is 4.21. The van der Waals surface area contributed by atoms with Crippen molar-refractivity contribution < 1.29 is 4.79 Å². The summed E-state index contributed by atoms with van der Waals surface area (Å²) in [5.74, 6) is -0.281. The summed E-state index contributed by atoms with van der Waals surface area (Å²) in [6, 6.07) is 7.33. The fourth-order valence-electron chi connectivity index (χ4n) is 1.91. The molecule has 0 fully saturated rings. The third kappa shape index (κ3) is 2.35. The van der Waals surface area contributed by atoms with Gasteiger partial charge in [0.15, 0.2) is 0 Å². The maximum absolute atomic E-state index is 12.2. The molecule has 3 rings (SSSR count). The number of hydrogen-bond acceptors (Lipinski definition) is 2. The van der Waals surface area contributed by atoms with E-state index in [1.807, 2.05) is 18.3 Å². The average molecular weight is 306 g/mol. The van der Waals surface area contributed by atoms with Crippen LogP contribution < -0.4 is 5.32 Å². The van der Waals surface area contributed by atoms with E-state index in [2.05, 4.69) is 15.3 Å². The SMILES string of the molecule is O=C(Nc1c(Cl)cncc1Cl)c1ccc2cc[nH]c2c1. The topological polar surface area (TPSA) is 57.8 Å². The molecule has 3 aromatic rings. The van der Waals surface area contributed by atoms with Crippen molar-refractivity contribution in [1.82, 2.24) is 9.97 Å². The number of amides is 1. The molecule has 0 aliphatic carbocycles. The fraction of sp³-hybridized carbons (Fsp3) is 0. The number of anilines is 1. The molecule has 0 aliphatic rings. The minimum atomic E-state index is -0.281. The molecule has 0 bridgehead atoms. The number of carbonyl (C=O) groups is 1. The summed E-state index contributed by atoms with van der Waals surface area (Å²) in [5, 5.41) is 4.33. The fourth-order valence-corrected chi connectivity index (χ4v) is 2.36. The van der Waals surface area contributed by atoms with Crippen molar-refractivity contribution in [2.75, 3.05) is 5.32 Å². The third-order valence-electron chi connectivity index (χ3n) is 2.91. The van der Waals surface area contributed by atoms with Crippen molar-refractivity contribution in [3.63, 3.8) is 0 Å². The molecule has 0 saturated heterocycles. The lowest BCUT2D eigenvalue weighted by molar-refractivity contribution is 0.102. The predicted molar refractivity (Wildman–Crippen MR) is 80.5 cm³/mol. The smallest absolute Gasteiger partial charge is 0.255 e. The van der Waals surface area contributed by atoms with Gasteiger partial charge in [0.1, 0.15) is 0 Å². The monoisotopic (exact) mass is 305 g/mol. The molecule has 1 aromatic carbocycles. The van der Waals surface area contributed by atoms with Crippen LogP contribution in [0.2, 0.25) is 10.0 Å². The first-order valence-electron chi connectivity index (χ1n) is 5.82. The summed E-state index contributed by atoms with van der Waals surface area (Å²) in [4.78, 5) is 19.1. The van der Waals surface area contributed by atoms with Crippen LogP contribution in [0.25, 0.3) is 10.9 Å². The van der Waals surface area contributed by atoms with Gasteiger partial charge in [-0.1, -0.05) is 29.3 Å². The van der Waals surface area contributed by atoms with E-state index in [9.17, 15) is 4.79 Å². The Morgan fingerprint density at radius 1 is 1.15 bits per heavy atom. The van der Waals surface area contributed by atoms with E-state index in [1.165, 1.54) is 12.4 Å². The van der Waals surface area contributed by atoms with Gasteiger partial charge in [-0.15, -0.1) is 0 Å². The van der Waals surface area contributed by atoms with Gasteiger partial charge >= 0.3 is 0 Å². The third-order valence-corrected chi connectivity index (χ3v) is 3.48. The summed E-state index contributed by atoms with van der Waals surface area (Å²) >= 11 is 11.9. The number of benzene rings is 1. The highest BCUT2D eigenvalue weighted by Gasteiger charge is 2.12. The number of hydrogen-bond donors (Lipinski definition) is 2. The highest BCUT2D eigenvalue weighted by molar-refractivity contribution is 6.39. The van der Waals surface area contributed by atoms with Crippen LogP contribution in [-0.4, -0.2) is 15.9 Å². The maximum atomic E-state index is 12.2. The van der Waals surface area contributed by atoms with Gasteiger partial charge in [-0.05, 0) is 23.6 Å². The van der Waals surface area contributed by atoms with E-state index in [4.69, 9.17) is 23.2 Å². The normalized spacial score (nSPS) is 10.7. The molecule has 0 unspecified atom stereocenters. The Morgan fingerprint density at radius 3 is 2.65 bits per heavy atom. The van der Waals surface area contributed by atoms with Crippen LogP contribution in [0.3, 0.4) is 0 Å². The standard InChI is InChI=1S/C14H9Cl2N3O/c15-10-6-17-7-11(16)13(10)19-14(20)9-2-1-8-3-4-18-12(8)5-9/h1-7,18H,(H,17,19,20). The Morgan fingerprint density at radius 2 is 1.90 bits per heavy atom. The van der Waals surface area contributed by atoms with Gasteiger partial charge in [0.25, 0.3) is 5.91 Å². The number of nitrogens with one attached hydrogen (secondary N) is 2. The molecule has 0 atom stereocenters. The Bertz CT molecular complexity index is 778. The van der Waals surface area contributed by atoms with Crippen LogP contribution >= 0.6 is 23.2 Å². The second kappa shape index (κ2) is 5.15. The number of rotatable bonds is 2. The first-order chi connectivity index (χ1) is 9.65. The summed E-state index contributed by atoms with van der Waals surface area (Å²) in [6.07, 6.45) is 4.68. The number of carbonyl (C=O) groups excluding carboxylic acids is 1. The lowest BCUT2D eigenvalue weighted by Gasteiger charge is -2.08. The zero-order valence-corrected chi connectivity index (χ0v) is 11.7. The Balaban J connectivity index is 1.92. The van der Waals surface area contributed by atoms with E-state index >= 15 is 0 Å². The minimum Gasteiger partial charge on any atom is -0.361 e. The zero-order chi connectivity index (χ0) is 14.1. The summed E-state index contributed by atoms with van der Waals surface area (Å²) in [7, 11) is 0. The number of fused-ring (bicyclic) bond motifs is 1. The maximum Gasteiger partial charge on any atom is 0.255 e. The molecular formula is C14H9Cl2N3O. The molecule has 0 saturated carbocycles. The quantitative estimate of drug-likeness (QED) is 0.748. The van der Waals surface area contributed by atoms with E-state index in [0.717, 1.165) is 10.9 Å². The Labute approximate surface area is 124 Å². The Kier molecular flexibility index (Phi) is 3.34. The van der Waals surface area contributed by atoms with Gasteiger partial charge in [0.05, 0.1) is 15.7 Å². The molecule has 0 radical (unpaired) electrons. The van der Waals surface area contributed by atoms with Gasteiger partial charge < -0.3 is 10.3 Å². The van der Waals surface area contributed by atoms with Gasteiger partial charge in [0, 0.05) is 29.7 Å². The summed E-state index contributed by atoms with van der Waals surface area (Å²) in [5.41, 5.74) is 1.77. The number of aromatic nitrogens is 2. The number of halogens is 2. The minimum absolute atomic E-state index is 0.281. The highest BCUT2D eigenvalue weighted by Crippen LogP contribution is 2.29. The molecule has 1 amide bonds. The van der Waals surface area contributed by atoms with Gasteiger partial charge in [-0.3, -0.25) is 9.78 Å². The first-order valence-corrected chi connectivity index (χ1v) is 6.58. The van der Waals surface area contributed by atoms with E-state index < -0.39 is 0 Å². The molecule has 2 aromatic heterocycles. The molecule has 4 nitrogen and oxygen atoms in total. The van der Waals surface area contributed by atoms with Crippen molar-refractivity contribution in [2.24, 2.45) is 0 Å². The molecule has 6 heteroatoms. The summed E-state index contributed by atoms with van der Waals surface area (Å²) < 4.78 is 0. The van der Waals surface area contributed by atoms with Crippen LogP contribution in [0.1, 0.15) is 10.4 Å². The number of pyridine rings is 1. The van der Waals surface area contributed by atoms with Crippen LogP contribution in [0.4, 0.5) is 5.69 Å². The molecular weight excluding hydrogens is 297 g/mol. The van der Waals surface area contributed by atoms with Crippen molar-refractivity contribution in [3.8, 4) is 0 Å². The highest BCUT2D eigenvalue weighted by atomic mass is 35.5. The largest absolute Gasteiger partial charge is 0.361 e. The predicted octanol–water partition coefficient (Wildman–Crippen LogP) is 4.12. The van der Waals surface area contributed by atoms with Crippen LogP contribution in [0, 0.1) is 0 Å². The van der Waals surface area contributed by atoms with Crippen molar-refractivity contribution in [3.05, 3.63) is 58.5 Å². The van der Waals surface area contributed by atoms with Crippen LogP contribution in [-0.2, 0) is 0 Å². The molecule has 100 valence electrons. The van der Waals surface area contributed by atoms with Crippen molar-refractivity contribution in [1.29, 1.82) is 0 Å². The molecule has 0 spiro atoms. The Hall–Kier alpha value is -2.04. The van der Waals surface area contributed by atoms with Crippen LogP contribution in [0.5, 0.6) is 0 Å². The van der Waals surface area contributed by atoms with Gasteiger partial charge in [-0.2, -0.15) is 0 Å². The molecule has 20 heavy (non-hydrogen) atoms. The molecule has 2 heterocycles. The lowest BCUT2D eigenvalue weighted by atomic mass is 10.1. The van der Waals surface area contributed by atoms with Crippen molar-refractivity contribution in [2.45, 2.75) is 0 Å². The molecule has 2 N–H and O–H groups in total. The van der Waals surface area contributed by atoms with E-state index in [-0.39, 0.29) is 5.91 Å². The first kappa shape index (κ1) is 13.0. The number of nitrogens with zero attached hydrogens (tertiary/aromatic N) is 1.